The van der Waals surface area contributed by atoms with Gasteiger partial charge < -0.3 is 15.2 Å². The van der Waals surface area contributed by atoms with Gasteiger partial charge in [-0.05, 0) is 49.7 Å². The highest BCUT2D eigenvalue weighted by molar-refractivity contribution is 5.97. The van der Waals surface area contributed by atoms with Gasteiger partial charge in [-0.25, -0.2) is 0 Å². The van der Waals surface area contributed by atoms with E-state index >= 15 is 0 Å². The summed E-state index contributed by atoms with van der Waals surface area (Å²) in [7, 11) is 3.63. The van der Waals surface area contributed by atoms with Crippen molar-refractivity contribution >= 4 is 17.5 Å². The van der Waals surface area contributed by atoms with E-state index in [0.717, 1.165) is 19.4 Å². The third-order valence-corrected chi connectivity index (χ3v) is 4.67. The minimum Gasteiger partial charge on any atom is -0.355 e. The molecule has 2 heterocycles. The van der Waals surface area contributed by atoms with Gasteiger partial charge in [0.1, 0.15) is 0 Å². The van der Waals surface area contributed by atoms with E-state index in [1.807, 2.05) is 19.3 Å². The maximum Gasteiger partial charge on any atom is 0.251 e. The van der Waals surface area contributed by atoms with Crippen LogP contribution in [0.25, 0.3) is 0 Å². The van der Waals surface area contributed by atoms with E-state index in [9.17, 15) is 9.59 Å². The molecule has 6 nitrogen and oxygen atoms in total. The summed E-state index contributed by atoms with van der Waals surface area (Å²) in [5.41, 5.74) is 2.41. The number of anilines is 1. The van der Waals surface area contributed by atoms with Crippen LogP contribution in [-0.2, 0) is 11.8 Å². The molecule has 1 aromatic heterocycles. The Bertz CT molecular complexity index is 768. The minimum absolute atomic E-state index is 0.0600. The zero-order valence-corrected chi connectivity index (χ0v) is 14.7. The molecule has 0 saturated carbocycles. The van der Waals surface area contributed by atoms with Crippen LogP contribution in [0.1, 0.15) is 34.9 Å². The van der Waals surface area contributed by atoms with Gasteiger partial charge in [-0.2, -0.15) is 0 Å². The first-order valence-electron chi connectivity index (χ1n) is 8.56. The number of nitrogens with zero attached hydrogens (tertiary/aromatic N) is 2. The predicted molar refractivity (Wildman–Crippen MR) is 97.4 cm³/mol. The Morgan fingerprint density at radius 1 is 1.24 bits per heavy atom. The third kappa shape index (κ3) is 3.91. The first kappa shape index (κ1) is 17.2. The lowest BCUT2D eigenvalue weighted by atomic mass is 10.1. The van der Waals surface area contributed by atoms with Crippen molar-refractivity contribution in [1.29, 1.82) is 0 Å². The molecule has 132 valence electrons. The molecule has 2 amide bonds. The third-order valence-electron chi connectivity index (χ3n) is 4.67. The fourth-order valence-corrected chi connectivity index (χ4v) is 3.44. The highest BCUT2D eigenvalue weighted by atomic mass is 16.2. The molecular formula is C19H24N4O2. The number of rotatable bonds is 5. The van der Waals surface area contributed by atoms with Gasteiger partial charge in [0.15, 0.2) is 0 Å². The number of carbonyl (C=O) groups is 2. The van der Waals surface area contributed by atoms with Crippen LogP contribution in [-0.4, -0.2) is 41.4 Å². The molecule has 0 spiro atoms. The van der Waals surface area contributed by atoms with Crippen LogP contribution < -0.4 is 10.6 Å². The number of aromatic nitrogens is 1. The molecule has 1 atom stereocenters. The van der Waals surface area contributed by atoms with Crippen LogP contribution in [0.4, 0.5) is 5.69 Å². The highest BCUT2D eigenvalue weighted by Crippen LogP contribution is 2.31. The summed E-state index contributed by atoms with van der Waals surface area (Å²) >= 11 is 0. The van der Waals surface area contributed by atoms with Gasteiger partial charge in [-0.1, -0.05) is 6.07 Å². The summed E-state index contributed by atoms with van der Waals surface area (Å²) in [6.07, 6.45) is 4.20. The molecule has 25 heavy (non-hydrogen) atoms. The van der Waals surface area contributed by atoms with Crippen LogP contribution in [0.2, 0.25) is 0 Å². The molecule has 0 aliphatic carbocycles. The van der Waals surface area contributed by atoms with Gasteiger partial charge in [0, 0.05) is 37.2 Å². The number of nitrogens with one attached hydrogen (secondary N) is 2. The lowest BCUT2D eigenvalue weighted by molar-refractivity contribution is -0.117. The van der Waals surface area contributed by atoms with Crippen LogP contribution in [0.3, 0.4) is 0 Å². The quantitative estimate of drug-likeness (QED) is 0.876. The summed E-state index contributed by atoms with van der Waals surface area (Å²) in [6, 6.07) is 11.4. The molecule has 0 bridgehead atoms. The number of benzene rings is 1. The van der Waals surface area contributed by atoms with Gasteiger partial charge in [-0.15, -0.1) is 0 Å². The van der Waals surface area contributed by atoms with Crippen molar-refractivity contribution in [3.8, 4) is 0 Å². The lowest BCUT2D eigenvalue weighted by Crippen LogP contribution is -2.33. The van der Waals surface area contributed by atoms with Crippen molar-refractivity contribution in [3.63, 3.8) is 0 Å². The molecule has 2 aromatic rings. The second kappa shape index (κ2) is 7.53. The number of likely N-dealkylation sites (tertiary alicyclic amines) is 1. The zero-order chi connectivity index (χ0) is 17.8. The average molecular weight is 340 g/mol. The molecular weight excluding hydrogens is 316 g/mol. The van der Waals surface area contributed by atoms with E-state index in [1.54, 1.807) is 31.3 Å². The summed E-state index contributed by atoms with van der Waals surface area (Å²) in [4.78, 5) is 26.4. The Hall–Kier alpha value is -2.60. The van der Waals surface area contributed by atoms with Crippen LogP contribution in [0, 0.1) is 0 Å². The Labute approximate surface area is 147 Å². The number of aryl methyl sites for hydroxylation is 1. The predicted octanol–water partition coefficient (Wildman–Crippen LogP) is 2.16. The number of hydrogen-bond donors (Lipinski definition) is 2. The molecule has 1 fully saturated rings. The molecule has 0 radical (unpaired) electrons. The van der Waals surface area contributed by atoms with Crippen LogP contribution in [0.15, 0.2) is 42.6 Å². The summed E-state index contributed by atoms with van der Waals surface area (Å²) < 4.78 is 2.12. The van der Waals surface area contributed by atoms with Crippen molar-refractivity contribution in [2.75, 3.05) is 25.5 Å². The maximum absolute atomic E-state index is 12.5. The Morgan fingerprint density at radius 2 is 2.08 bits per heavy atom. The monoisotopic (exact) mass is 340 g/mol. The van der Waals surface area contributed by atoms with Crippen molar-refractivity contribution in [1.82, 2.24) is 14.8 Å². The average Bonchev–Trinajstić information content (AvgIpc) is 3.22. The number of hydrogen-bond acceptors (Lipinski definition) is 3. The van der Waals surface area contributed by atoms with Crippen molar-refractivity contribution in [2.24, 2.45) is 7.05 Å². The molecule has 1 aliphatic rings. The lowest BCUT2D eigenvalue weighted by Gasteiger charge is -2.24. The topological polar surface area (TPSA) is 66.4 Å². The van der Waals surface area contributed by atoms with Crippen molar-refractivity contribution < 1.29 is 9.59 Å². The largest absolute Gasteiger partial charge is 0.355 e. The highest BCUT2D eigenvalue weighted by Gasteiger charge is 2.28. The standard InChI is InChI=1S/C19H24N4O2/c1-20-19(25)14-6-3-7-15(12-14)21-18(24)13-23-11-5-9-17(23)16-8-4-10-22(16)2/h3-4,6-8,10,12,17H,5,9,11,13H2,1-2H3,(H,20,25)(H,21,24)/t17-/m0/s1. The second-order valence-corrected chi connectivity index (χ2v) is 6.38. The van der Waals surface area contributed by atoms with E-state index in [1.165, 1.54) is 5.69 Å². The molecule has 1 saturated heterocycles. The molecule has 2 N–H and O–H groups in total. The number of amides is 2. The molecule has 0 unspecified atom stereocenters. The fourth-order valence-electron chi connectivity index (χ4n) is 3.44. The van der Waals surface area contributed by atoms with E-state index in [-0.39, 0.29) is 17.9 Å². The van der Waals surface area contributed by atoms with Gasteiger partial charge in [0.05, 0.1) is 12.6 Å². The normalized spacial score (nSPS) is 17.4. The fraction of sp³-hybridized carbons (Fsp3) is 0.368. The molecule has 3 rings (SSSR count). The Kier molecular flexibility index (Phi) is 5.19. The van der Waals surface area contributed by atoms with Crippen molar-refractivity contribution in [3.05, 3.63) is 53.9 Å². The SMILES string of the molecule is CNC(=O)c1cccc(NC(=O)CN2CCC[C@H]2c2cccn2C)c1. The first-order chi connectivity index (χ1) is 12.1. The first-order valence-corrected chi connectivity index (χ1v) is 8.56. The minimum atomic E-state index is -0.167. The van der Waals surface area contributed by atoms with E-state index in [0.29, 0.717) is 17.8 Å². The van der Waals surface area contributed by atoms with Gasteiger partial charge in [0.25, 0.3) is 5.91 Å². The summed E-state index contributed by atoms with van der Waals surface area (Å²) in [5.74, 6) is -0.227. The smallest absolute Gasteiger partial charge is 0.251 e. The van der Waals surface area contributed by atoms with E-state index < -0.39 is 0 Å². The van der Waals surface area contributed by atoms with Gasteiger partial charge in [-0.3, -0.25) is 14.5 Å². The van der Waals surface area contributed by atoms with E-state index in [4.69, 9.17) is 0 Å². The van der Waals surface area contributed by atoms with E-state index in [2.05, 4.69) is 26.2 Å². The second-order valence-electron chi connectivity index (χ2n) is 6.38. The van der Waals surface area contributed by atoms with Gasteiger partial charge >= 0.3 is 0 Å². The molecule has 1 aliphatic heterocycles. The maximum atomic E-state index is 12.5. The number of carbonyl (C=O) groups excluding carboxylic acids is 2. The Morgan fingerprint density at radius 3 is 2.80 bits per heavy atom. The Balaban J connectivity index is 1.64. The van der Waals surface area contributed by atoms with Crippen molar-refractivity contribution in [2.45, 2.75) is 18.9 Å². The molecule has 1 aromatic carbocycles. The zero-order valence-electron chi connectivity index (χ0n) is 14.7. The summed E-state index contributed by atoms with van der Waals surface area (Å²) in [6.45, 7) is 1.27. The van der Waals surface area contributed by atoms with Crippen LogP contribution >= 0.6 is 0 Å². The summed E-state index contributed by atoms with van der Waals surface area (Å²) in [5, 5.41) is 5.49. The van der Waals surface area contributed by atoms with Crippen LogP contribution in [0.5, 0.6) is 0 Å². The van der Waals surface area contributed by atoms with Gasteiger partial charge in [0.2, 0.25) is 5.91 Å². The molecule has 6 heteroatoms.